The van der Waals surface area contributed by atoms with Crippen LogP contribution in [-0.2, 0) is 0 Å². The van der Waals surface area contributed by atoms with Crippen LogP contribution in [0.4, 0.5) is 4.39 Å². The number of hydrogen-bond donors (Lipinski definition) is 0. The predicted molar refractivity (Wildman–Crippen MR) is 45.9 cm³/mol. The average Bonchev–Trinajstić information content (AvgIpc) is 1.89. The van der Waals surface area contributed by atoms with E-state index < -0.39 is 0 Å². The molecule has 0 aliphatic carbocycles. The van der Waals surface area contributed by atoms with E-state index in [0.29, 0.717) is 7.18 Å². The minimum atomic E-state index is 0.500. The second-order valence-corrected chi connectivity index (χ2v) is 3.37. The molecular weight excluding hydrogens is 127 g/mol. The number of alkyl halides is 1. The molecule has 0 aliphatic rings. The van der Waals surface area contributed by atoms with Crippen LogP contribution in [0.1, 0.15) is 40.5 Å². The maximum atomic E-state index is 9.50. The third-order valence-corrected chi connectivity index (χ3v) is 1.32. The highest BCUT2D eigenvalue weighted by Gasteiger charge is 1.95. The van der Waals surface area contributed by atoms with Gasteiger partial charge in [-0.3, -0.25) is 4.39 Å². The lowest BCUT2D eigenvalue weighted by Crippen LogP contribution is -1.91. The van der Waals surface area contributed by atoms with Crippen LogP contribution in [0.25, 0.3) is 0 Å². The molecule has 0 heterocycles. The highest BCUT2D eigenvalue weighted by Crippen LogP contribution is 2.09. The van der Waals surface area contributed by atoms with Gasteiger partial charge in [-0.05, 0) is 11.8 Å². The molecule has 0 aromatic rings. The van der Waals surface area contributed by atoms with Gasteiger partial charge >= 0.3 is 0 Å². The second-order valence-electron chi connectivity index (χ2n) is 3.37. The van der Waals surface area contributed by atoms with E-state index in [0.717, 1.165) is 11.8 Å². The Labute approximate surface area is 64.8 Å². The van der Waals surface area contributed by atoms with Gasteiger partial charge in [0.15, 0.2) is 0 Å². The molecule has 0 nitrogen and oxygen atoms in total. The highest BCUT2D eigenvalue weighted by atomic mass is 19.1. The molecule has 64 valence electrons. The van der Waals surface area contributed by atoms with Crippen molar-refractivity contribution in [2.45, 2.75) is 40.5 Å². The minimum absolute atomic E-state index is 0.500. The number of rotatable bonds is 3. The molecule has 0 radical (unpaired) electrons. The quantitative estimate of drug-likeness (QED) is 0.573. The smallest absolute Gasteiger partial charge is 0.0785 e. The molecular formula is C9H21F. The van der Waals surface area contributed by atoms with E-state index in [4.69, 9.17) is 0 Å². The van der Waals surface area contributed by atoms with Gasteiger partial charge in [-0.25, -0.2) is 0 Å². The van der Waals surface area contributed by atoms with E-state index in [1.54, 1.807) is 0 Å². The third-order valence-electron chi connectivity index (χ3n) is 1.32. The summed E-state index contributed by atoms with van der Waals surface area (Å²) in [6.45, 7) is 9.12. The average molecular weight is 148 g/mol. The highest BCUT2D eigenvalue weighted by molar-refractivity contribution is 4.48. The minimum Gasteiger partial charge on any atom is -0.255 e. The van der Waals surface area contributed by atoms with Crippen LogP contribution in [0, 0.1) is 11.8 Å². The standard InChI is InChI=1S/C8H18.CH3F/c1-7(2)5-6-8(3)4;1-2/h7-8H,5-6H2,1-4H3;1H3. The van der Waals surface area contributed by atoms with Crippen LogP contribution < -0.4 is 0 Å². The topological polar surface area (TPSA) is 0 Å². The van der Waals surface area contributed by atoms with Gasteiger partial charge in [0.2, 0.25) is 0 Å². The Morgan fingerprint density at radius 2 is 1.00 bits per heavy atom. The SMILES string of the molecule is CC(C)CCC(C)C.CF. The second kappa shape index (κ2) is 8.93. The van der Waals surface area contributed by atoms with Crippen LogP contribution in [0.3, 0.4) is 0 Å². The summed E-state index contributed by atoms with van der Waals surface area (Å²) in [6, 6.07) is 0. The molecule has 0 aromatic heterocycles. The Kier molecular flexibility index (Phi) is 11.2. The summed E-state index contributed by atoms with van der Waals surface area (Å²) < 4.78 is 9.50. The maximum Gasteiger partial charge on any atom is 0.0785 e. The first-order valence-electron chi connectivity index (χ1n) is 4.00. The molecule has 1 heteroatoms. The van der Waals surface area contributed by atoms with Crippen LogP contribution >= 0.6 is 0 Å². The van der Waals surface area contributed by atoms with Crippen molar-refractivity contribution in [1.82, 2.24) is 0 Å². The van der Waals surface area contributed by atoms with Crippen LogP contribution in [0.2, 0.25) is 0 Å². The van der Waals surface area contributed by atoms with Gasteiger partial charge in [-0.1, -0.05) is 40.5 Å². The van der Waals surface area contributed by atoms with Crippen molar-refractivity contribution in [1.29, 1.82) is 0 Å². The number of hydrogen-bond acceptors (Lipinski definition) is 0. The lowest BCUT2D eigenvalue weighted by atomic mass is 10.0. The van der Waals surface area contributed by atoms with Gasteiger partial charge in [-0.2, -0.15) is 0 Å². The summed E-state index contributed by atoms with van der Waals surface area (Å²) >= 11 is 0. The van der Waals surface area contributed by atoms with Crippen LogP contribution in [0.5, 0.6) is 0 Å². The van der Waals surface area contributed by atoms with Crippen molar-refractivity contribution in [3.63, 3.8) is 0 Å². The molecule has 0 atom stereocenters. The fourth-order valence-corrected chi connectivity index (χ4v) is 0.667. The fourth-order valence-electron chi connectivity index (χ4n) is 0.667. The van der Waals surface area contributed by atoms with Gasteiger partial charge in [0, 0.05) is 0 Å². The Morgan fingerprint density at radius 3 is 1.10 bits per heavy atom. The summed E-state index contributed by atoms with van der Waals surface area (Å²) in [7, 11) is 0.500. The van der Waals surface area contributed by atoms with Gasteiger partial charge in [0.25, 0.3) is 0 Å². The van der Waals surface area contributed by atoms with E-state index in [9.17, 15) is 4.39 Å². The molecule has 0 unspecified atom stereocenters. The molecule has 0 aliphatic heterocycles. The van der Waals surface area contributed by atoms with Crippen LogP contribution in [-0.4, -0.2) is 7.18 Å². The summed E-state index contributed by atoms with van der Waals surface area (Å²) in [6.07, 6.45) is 2.77. The maximum absolute atomic E-state index is 9.50. The first-order chi connectivity index (χ1) is 4.63. The molecule has 0 rings (SSSR count). The largest absolute Gasteiger partial charge is 0.255 e. The van der Waals surface area contributed by atoms with E-state index in [2.05, 4.69) is 27.7 Å². The Morgan fingerprint density at radius 1 is 0.800 bits per heavy atom. The van der Waals surface area contributed by atoms with Gasteiger partial charge in [0.05, 0.1) is 7.18 Å². The molecule has 0 amide bonds. The number of halogens is 1. The zero-order chi connectivity index (χ0) is 8.57. The first-order valence-corrected chi connectivity index (χ1v) is 4.00. The van der Waals surface area contributed by atoms with Crippen molar-refractivity contribution < 1.29 is 4.39 Å². The fraction of sp³-hybridized carbons (Fsp3) is 1.00. The van der Waals surface area contributed by atoms with Gasteiger partial charge < -0.3 is 0 Å². The Hall–Kier alpha value is -0.0700. The van der Waals surface area contributed by atoms with Gasteiger partial charge in [-0.15, -0.1) is 0 Å². The molecule has 0 N–H and O–H groups in total. The third kappa shape index (κ3) is 15.7. The normalized spacial score (nSPS) is 9.60. The molecule has 0 aromatic carbocycles. The Bertz CT molecular complexity index is 40.7. The lowest BCUT2D eigenvalue weighted by Gasteiger charge is -2.05. The van der Waals surface area contributed by atoms with E-state index >= 15 is 0 Å². The van der Waals surface area contributed by atoms with Crippen molar-refractivity contribution >= 4 is 0 Å². The molecule has 0 saturated carbocycles. The first kappa shape index (κ1) is 12.6. The predicted octanol–water partition coefficient (Wildman–Crippen LogP) is 3.66. The molecule has 0 bridgehead atoms. The van der Waals surface area contributed by atoms with E-state index in [-0.39, 0.29) is 0 Å². The zero-order valence-electron chi connectivity index (χ0n) is 7.95. The summed E-state index contributed by atoms with van der Waals surface area (Å²) in [5.74, 6) is 1.77. The Balaban J connectivity index is 0. The summed E-state index contributed by atoms with van der Waals surface area (Å²) in [5.41, 5.74) is 0. The summed E-state index contributed by atoms with van der Waals surface area (Å²) in [4.78, 5) is 0. The molecule has 0 fully saturated rings. The summed E-state index contributed by atoms with van der Waals surface area (Å²) in [5, 5.41) is 0. The van der Waals surface area contributed by atoms with Crippen molar-refractivity contribution in [3.05, 3.63) is 0 Å². The van der Waals surface area contributed by atoms with Crippen molar-refractivity contribution in [2.24, 2.45) is 11.8 Å². The monoisotopic (exact) mass is 148 g/mol. The zero-order valence-corrected chi connectivity index (χ0v) is 7.95. The van der Waals surface area contributed by atoms with Crippen molar-refractivity contribution in [3.8, 4) is 0 Å². The van der Waals surface area contributed by atoms with Crippen LogP contribution in [0.15, 0.2) is 0 Å². The molecule has 10 heavy (non-hydrogen) atoms. The lowest BCUT2D eigenvalue weighted by molar-refractivity contribution is 0.476. The van der Waals surface area contributed by atoms with E-state index in [1.807, 2.05) is 0 Å². The molecule has 0 spiro atoms. The van der Waals surface area contributed by atoms with E-state index in [1.165, 1.54) is 12.8 Å². The van der Waals surface area contributed by atoms with Gasteiger partial charge in [0.1, 0.15) is 0 Å². The van der Waals surface area contributed by atoms with Crippen molar-refractivity contribution in [2.75, 3.05) is 7.18 Å². The molecule has 0 saturated heterocycles.